The van der Waals surface area contributed by atoms with E-state index in [4.69, 9.17) is 4.74 Å². The van der Waals surface area contributed by atoms with Crippen LogP contribution in [-0.2, 0) is 4.74 Å². The van der Waals surface area contributed by atoms with Crippen LogP contribution in [0.4, 0.5) is 16.3 Å². The van der Waals surface area contributed by atoms with Crippen molar-refractivity contribution in [2.75, 3.05) is 18.1 Å². The van der Waals surface area contributed by atoms with Crippen molar-refractivity contribution in [1.82, 2.24) is 4.98 Å². The van der Waals surface area contributed by atoms with Crippen molar-refractivity contribution in [3.05, 3.63) is 27.9 Å². The van der Waals surface area contributed by atoms with Crippen molar-refractivity contribution in [3.8, 4) is 0 Å². The molecule has 7 nitrogen and oxygen atoms in total. The maximum Gasteiger partial charge on any atom is 0.415 e. The largest absolute Gasteiger partial charge is 0.447 e. The van der Waals surface area contributed by atoms with Crippen LogP contribution in [0, 0.1) is 17.0 Å². The predicted octanol–water partition coefficient (Wildman–Crippen LogP) is 1.25. The van der Waals surface area contributed by atoms with Crippen LogP contribution >= 0.6 is 0 Å². The first-order valence-electron chi connectivity index (χ1n) is 4.66. The Morgan fingerprint density at radius 3 is 2.81 bits per heavy atom. The number of hydrogen-bond donors (Lipinski definition) is 0. The molecule has 0 saturated carbocycles. The van der Waals surface area contributed by atoms with Crippen LogP contribution in [0.3, 0.4) is 0 Å². The number of carbonyl (C=O) groups excluding carboxylic acids is 1. The highest BCUT2D eigenvalue weighted by Gasteiger charge is 2.25. The highest BCUT2D eigenvalue weighted by Crippen LogP contribution is 2.22. The van der Waals surface area contributed by atoms with E-state index in [9.17, 15) is 14.9 Å². The van der Waals surface area contributed by atoms with E-state index in [1.807, 2.05) is 0 Å². The zero-order valence-electron chi connectivity index (χ0n) is 8.54. The number of cyclic esters (lactones) is 1. The molecule has 0 radical (unpaired) electrons. The number of nitro groups is 1. The molecule has 1 saturated heterocycles. The molecular formula is C9H9N3O4. The van der Waals surface area contributed by atoms with E-state index in [2.05, 4.69) is 4.98 Å². The lowest BCUT2D eigenvalue weighted by Crippen LogP contribution is -2.24. The zero-order chi connectivity index (χ0) is 11.7. The summed E-state index contributed by atoms with van der Waals surface area (Å²) in [5.41, 5.74) is 0.221. The van der Waals surface area contributed by atoms with E-state index < -0.39 is 11.0 Å². The minimum Gasteiger partial charge on any atom is -0.447 e. The highest BCUT2D eigenvalue weighted by atomic mass is 16.6. The second kappa shape index (κ2) is 3.76. The zero-order valence-corrected chi connectivity index (χ0v) is 8.54. The number of rotatable bonds is 2. The van der Waals surface area contributed by atoms with Crippen LogP contribution in [-0.4, -0.2) is 29.2 Å². The standard InChI is InChI=1S/C9H9N3O4/c1-6-7(12(14)15)2-3-8(10-6)11-4-5-16-9(11)13/h2-3H,4-5H2,1H3. The molecular weight excluding hydrogens is 214 g/mol. The van der Waals surface area contributed by atoms with Crippen molar-refractivity contribution in [2.45, 2.75) is 6.92 Å². The Labute approximate surface area is 90.8 Å². The first-order chi connectivity index (χ1) is 7.59. The molecule has 0 aliphatic carbocycles. The summed E-state index contributed by atoms with van der Waals surface area (Å²) in [5.74, 6) is 0.380. The minimum absolute atomic E-state index is 0.0590. The monoisotopic (exact) mass is 223 g/mol. The molecule has 0 spiro atoms. The fourth-order valence-corrected chi connectivity index (χ4v) is 1.49. The van der Waals surface area contributed by atoms with Gasteiger partial charge in [0.2, 0.25) is 0 Å². The van der Waals surface area contributed by atoms with Gasteiger partial charge in [-0.2, -0.15) is 0 Å². The maximum atomic E-state index is 11.2. The number of pyridine rings is 1. The van der Waals surface area contributed by atoms with Crippen LogP contribution in [0.15, 0.2) is 12.1 Å². The number of hydrogen-bond acceptors (Lipinski definition) is 5. The number of amides is 1. The third-order valence-electron chi connectivity index (χ3n) is 2.28. The normalized spacial score (nSPS) is 15.1. The van der Waals surface area contributed by atoms with Crippen LogP contribution in [0.25, 0.3) is 0 Å². The summed E-state index contributed by atoms with van der Waals surface area (Å²) in [7, 11) is 0. The third-order valence-corrected chi connectivity index (χ3v) is 2.28. The van der Waals surface area contributed by atoms with E-state index >= 15 is 0 Å². The van der Waals surface area contributed by atoms with Gasteiger partial charge in [0.15, 0.2) is 0 Å². The fraction of sp³-hybridized carbons (Fsp3) is 0.333. The maximum absolute atomic E-state index is 11.2. The molecule has 84 valence electrons. The molecule has 2 heterocycles. The van der Waals surface area contributed by atoms with Gasteiger partial charge in [-0.15, -0.1) is 0 Å². The van der Waals surface area contributed by atoms with E-state index in [0.717, 1.165) is 0 Å². The van der Waals surface area contributed by atoms with Crippen LogP contribution in [0.1, 0.15) is 5.69 Å². The summed E-state index contributed by atoms with van der Waals surface area (Å²) in [5, 5.41) is 10.6. The number of carbonyl (C=O) groups is 1. The lowest BCUT2D eigenvalue weighted by molar-refractivity contribution is -0.385. The molecule has 1 fully saturated rings. The third kappa shape index (κ3) is 1.67. The number of anilines is 1. The Balaban J connectivity index is 2.34. The van der Waals surface area contributed by atoms with Gasteiger partial charge in [-0.3, -0.25) is 15.0 Å². The summed E-state index contributed by atoms with van der Waals surface area (Å²) < 4.78 is 4.75. The average Bonchev–Trinajstić information content (AvgIpc) is 2.63. The summed E-state index contributed by atoms with van der Waals surface area (Å²) in [6.45, 7) is 2.27. The molecule has 0 N–H and O–H groups in total. The van der Waals surface area contributed by atoms with Gasteiger partial charge < -0.3 is 4.74 Å². The van der Waals surface area contributed by atoms with E-state index in [1.54, 1.807) is 0 Å². The lowest BCUT2D eigenvalue weighted by atomic mass is 10.3. The van der Waals surface area contributed by atoms with E-state index in [1.165, 1.54) is 24.0 Å². The van der Waals surface area contributed by atoms with Gasteiger partial charge in [-0.1, -0.05) is 0 Å². The number of ether oxygens (including phenoxy) is 1. The van der Waals surface area contributed by atoms with E-state index in [0.29, 0.717) is 19.0 Å². The Hall–Kier alpha value is -2.18. The van der Waals surface area contributed by atoms with Crippen LogP contribution < -0.4 is 4.90 Å². The number of aromatic nitrogens is 1. The van der Waals surface area contributed by atoms with Crippen molar-refractivity contribution in [3.63, 3.8) is 0 Å². The van der Waals surface area contributed by atoms with Crippen molar-refractivity contribution in [1.29, 1.82) is 0 Å². The molecule has 0 bridgehead atoms. The summed E-state index contributed by atoms with van der Waals surface area (Å²) in [6, 6.07) is 2.78. The molecule has 1 aromatic heterocycles. The van der Waals surface area contributed by atoms with E-state index in [-0.39, 0.29) is 11.4 Å². The molecule has 1 aromatic rings. The van der Waals surface area contributed by atoms with Crippen LogP contribution in [0.2, 0.25) is 0 Å². The first-order valence-corrected chi connectivity index (χ1v) is 4.66. The predicted molar refractivity (Wildman–Crippen MR) is 54.3 cm³/mol. The lowest BCUT2D eigenvalue weighted by Gasteiger charge is -2.11. The summed E-state index contributed by atoms with van der Waals surface area (Å²) >= 11 is 0. The summed E-state index contributed by atoms with van der Waals surface area (Å²) in [6.07, 6.45) is -0.472. The Morgan fingerprint density at radius 1 is 1.56 bits per heavy atom. The quantitative estimate of drug-likeness (QED) is 0.556. The Morgan fingerprint density at radius 2 is 2.31 bits per heavy atom. The summed E-state index contributed by atoms with van der Waals surface area (Å²) in [4.78, 5) is 26.7. The van der Waals surface area contributed by atoms with Gasteiger partial charge in [0.25, 0.3) is 5.69 Å². The molecule has 1 amide bonds. The number of aryl methyl sites for hydroxylation is 1. The molecule has 1 aliphatic heterocycles. The minimum atomic E-state index is -0.506. The second-order valence-electron chi connectivity index (χ2n) is 3.30. The van der Waals surface area contributed by atoms with Gasteiger partial charge in [-0.05, 0) is 13.0 Å². The molecule has 2 rings (SSSR count). The molecule has 0 atom stereocenters. The topological polar surface area (TPSA) is 85.6 Å². The highest BCUT2D eigenvalue weighted by molar-refractivity contribution is 5.88. The first kappa shape index (κ1) is 10.3. The van der Waals surface area contributed by atoms with Crippen molar-refractivity contribution >= 4 is 17.6 Å². The van der Waals surface area contributed by atoms with Gasteiger partial charge in [0.05, 0.1) is 11.5 Å². The molecule has 1 aliphatic rings. The van der Waals surface area contributed by atoms with Gasteiger partial charge in [-0.25, -0.2) is 9.78 Å². The average molecular weight is 223 g/mol. The Kier molecular flexibility index (Phi) is 2.43. The van der Waals surface area contributed by atoms with Crippen molar-refractivity contribution in [2.24, 2.45) is 0 Å². The van der Waals surface area contributed by atoms with Gasteiger partial charge >= 0.3 is 6.09 Å². The van der Waals surface area contributed by atoms with Gasteiger partial charge in [0, 0.05) is 6.07 Å². The molecule has 16 heavy (non-hydrogen) atoms. The second-order valence-corrected chi connectivity index (χ2v) is 3.30. The smallest absolute Gasteiger partial charge is 0.415 e. The van der Waals surface area contributed by atoms with Crippen molar-refractivity contribution < 1.29 is 14.5 Å². The number of nitrogens with zero attached hydrogens (tertiary/aromatic N) is 3. The SMILES string of the molecule is Cc1nc(N2CCOC2=O)ccc1[N+](=O)[O-]. The fourth-order valence-electron chi connectivity index (χ4n) is 1.49. The Bertz CT molecular complexity index is 460. The van der Waals surface area contributed by atoms with Crippen LogP contribution in [0.5, 0.6) is 0 Å². The molecule has 7 heteroatoms. The molecule has 0 unspecified atom stereocenters. The van der Waals surface area contributed by atoms with Gasteiger partial charge in [0.1, 0.15) is 18.1 Å². The molecule has 0 aromatic carbocycles.